The molecular formula is C15H21BrN2. The molecule has 4 atom stereocenters. The van der Waals surface area contributed by atoms with Crippen molar-refractivity contribution in [2.45, 2.75) is 25.9 Å². The first-order chi connectivity index (χ1) is 8.66. The number of nitrogens with one attached hydrogen (secondary N) is 1. The van der Waals surface area contributed by atoms with E-state index >= 15 is 0 Å². The van der Waals surface area contributed by atoms with E-state index in [0.717, 1.165) is 11.8 Å². The van der Waals surface area contributed by atoms with Crippen LogP contribution >= 0.6 is 15.9 Å². The van der Waals surface area contributed by atoms with E-state index in [9.17, 15) is 0 Å². The minimum Gasteiger partial charge on any atom is -0.316 e. The number of hydrogen-bond acceptors (Lipinski definition) is 2. The van der Waals surface area contributed by atoms with Gasteiger partial charge in [-0.1, -0.05) is 28.1 Å². The Morgan fingerprint density at radius 2 is 2.22 bits per heavy atom. The minimum atomic E-state index is 0.517. The van der Waals surface area contributed by atoms with Crippen molar-refractivity contribution in [2.24, 2.45) is 11.8 Å². The van der Waals surface area contributed by atoms with E-state index in [1.807, 2.05) is 0 Å². The predicted molar refractivity (Wildman–Crippen MR) is 78.6 cm³/mol. The highest BCUT2D eigenvalue weighted by molar-refractivity contribution is 9.10. The molecule has 2 saturated heterocycles. The number of benzene rings is 1. The fourth-order valence-corrected chi connectivity index (χ4v) is 4.09. The third kappa shape index (κ3) is 2.13. The van der Waals surface area contributed by atoms with Gasteiger partial charge in [-0.2, -0.15) is 0 Å². The Balaban J connectivity index is 1.79. The van der Waals surface area contributed by atoms with Crippen molar-refractivity contribution in [3.05, 3.63) is 34.3 Å². The fourth-order valence-electron chi connectivity index (χ4n) is 3.67. The lowest BCUT2D eigenvalue weighted by Gasteiger charge is -2.31. The topological polar surface area (TPSA) is 15.3 Å². The molecule has 98 valence electrons. The molecule has 2 aliphatic heterocycles. The summed E-state index contributed by atoms with van der Waals surface area (Å²) in [7, 11) is 0. The van der Waals surface area contributed by atoms with Crippen molar-refractivity contribution < 1.29 is 0 Å². The zero-order chi connectivity index (χ0) is 12.7. The highest BCUT2D eigenvalue weighted by Crippen LogP contribution is 2.38. The van der Waals surface area contributed by atoms with E-state index < -0.39 is 0 Å². The molecule has 0 spiro atoms. The molecule has 0 saturated carbocycles. The summed E-state index contributed by atoms with van der Waals surface area (Å²) >= 11 is 3.57. The summed E-state index contributed by atoms with van der Waals surface area (Å²) in [4.78, 5) is 2.68. The zero-order valence-corrected chi connectivity index (χ0v) is 12.7. The van der Waals surface area contributed by atoms with Crippen molar-refractivity contribution in [1.29, 1.82) is 0 Å². The summed E-state index contributed by atoms with van der Waals surface area (Å²) in [5, 5.41) is 3.53. The van der Waals surface area contributed by atoms with Gasteiger partial charge in [-0.25, -0.2) is 0 Å². The largest absolute Gasteiger partial charge is 0.316 e. The molecule has 1 aromatic carbocycles. The second-order valence-electron chi connectivity index (χ2n) is 5.75. The monoisotopic (exact) mass is 308 g/mol. The fraction of sp³-hybridized carbons (Fsp3) is 0.600. The SMILES string of the molecule is CC(c1cccc(Br)c1)N1CC2CNCC2C1C. The molecule has 1 N–H and O–H groups in total. The van der Waals surface area contributed by atoms with E-state index in [1.54, 1.807) is 0 Å². The Morgan fingerprint density at radius 3 is 2.94 bits per heavy atom. The van der Waals surface area contributed by atoms with Gasteiger partial charge in [0.1, 0.15) is 0 Å². The molecule has 3 rings (SSSR count). The molecule has 0 radical (unpaired) electrons. The molecule has 2 fully saturated rings. The van der Waals surface area contributed by atoms with Crippen molar-refractivity contribution >= 4 is 15.9 Å². The van der Waals surface area contributed by atoms with Crippen LogP contribution in [0.3, 0.4) is 0 Å². The van der Waals surface area contributed by atoms with Crippen LogP contribution < -0.4 is 5.32 Å². The van der Waals surface area contributed by atoms with Crippen LogP contribution in [-0.4, -0.2) is 30.6 Å². The van der Waals surface area contributed by atoms with Crippen LogP contribution in [0.25, 0.3) is 0 Å². The second kappa shape index (κ2) is 4.95. The predicted octanol–water partition coefficient (Wildman–Crippen LogP) is 3.05. The molecule has 2 nitrogen and oxygen atoms in total. The van der Waals surface area contributed by atoms with Gasteiger partial charge in [0.05, 0.1) is 0 Å². The van der Waals surface area contributed by atoms with Crippen molar-refractivity contribution in [2.75, 3.05) is 19.6 Å². The van der Waals surface area contributed by atoms with Crippen molar-refractivity contribution in [1.82, 2.24) is 10.2 Å². The Kier molecular flexibility index (Phi) is 3.48. The summed E-state index contributed by atoms with van der Waals surface area (Å²) < 4.78 is 1.18. The number of rotatable bonds is 2. The second-order valence-corrected chi connectivity index (χ2v) is 6.67. The minimum absolute atomic E-state index is 0.517. The molecule has 18 heavy (non-hydrogen) atoms. The molecule has 3 heteroatoms. The molecule has 1 aromatic rings. The Labute approximate surface area is 118 Å². The van der Waals surface area contributed by atoms with Gasteiger partial charge in [0.25, 0.3) is 0 Å². The van der Waals surface area contributed by atoms with Gasteiger partial charge in [0.2, 0.25) is 0 Å². The lowest BCUT2D eigenvalue weighted by molar-refractivity contribution is 0.182. The molecule has 2 heterocycles. The van der Waals surface area contributed by atoms with Gasteiger partial charge < -0.3 is 5.32 Å². The molecule has 2 aliphatic rings. The average Bonchev–Trinajstić information content (AvgIpc) is 2.92. The van der Waals surface area contributed by atoms with Crippen LogP contribution in [-0.2, 0) is 0 Å². The maximum atomic E-state index is 3.57. The Bertz CT molecular complexity index is 434. The van der Waals surface area contributed by atoms with Crippen LogP contribution in [0.4, 0.5) is 0 Å². The van der Waals surface area contributed by atoms with Gasteiger partial charge in [-0.3, -0.25) is 4.90 Å². The number of halogens is 1. The van der Waals surface area contributed by atoms with E-state index in [4.69, 9.17) is 0 Å². The first-order valence-corrected chi connectivity index (χ1v) is 7.68. The van der Waals surface area contributed by atoms with Gasteiger partial charge in [0.15, 0.2) is 0 Å². The van der Waals surface area contributed by atoms with Gasteiger partial charge in [-0.05, 0) is 56.5 Å². The van der Waals surface area contributed by atoms with E-state index in [0.29, 0.717) is 12.1 Å². The molecular weight excluding hydrogens is 288 g/mol. The summed E-state index contributed by atoms with van der Waals surface area (Å²) in [5.41, 5.74) is 1.42. The maximum Gasteiger partial charge on any atom is 0.0323 e. The lowest BCUT2D eigenvalue weighted by Crippen LogP contribution is -2.35. The van der Waals surface area contributed by atoms with Crippen LogP contribution in [0.15, 0.2) is 28.7 Å². The molecule has 0 aromatic heterocycles. The number of nitrogens with zero attached hydrogens (tertiary/aromatic N) is 1. The standard InChI is InChI=1S/C15H21BrN2/c1-10(12-4-3-5-14(16)6-12)18-9-13-7-17-8-15(13)11(18)2/h3-6,10-11,13,15,17H,7-9H2,1-2H3. The first kappa shape index (κ1) is 12.6. The highest BCUT2D eigenvalue weighted by Gasteiger charge is 2.43. The Morgan fingerprint density at radius 1 is 1.39 bits per heavy atom. The molecule has 0 bridgehead atoms. The van der Waals surface area contributed by atoms with E-state index in [-0.39, 0.29) is 0 Å². The third-order valence-corrected chi connectivity index (χ3v) is 5.30. The van der Waals surface area contributed by atoms with E-state index in [2.05, 4.69) is 64.3 Å². The third-order valence-electron chi connectivity index (χ3n) is 4.81. The smallest absolute Gasteiger partial charge is 0.0323 e. The van der Waals surface area contributed by atoms with Gasteiger partial charge in [-0.15, -0.1) is 0 Å². The van der Waals surface area contributed by atoms with Crippen molar-refractivity contribution in [3.8, 4) is 0 Å². The zero-order valence-electron chi connectivity index (χ0n) is 11.1. The average molecular weight is 309 g/mol. The molecule has 4 unspecified atom stereocenters. The van der Waals surface area contributed by atoms with Crippen LogP contribution in [0, 0.1) is 11.8 Å². The normalized spacial score (nSPS) is 33.6. The van der Waals surface area contributed by atoms with Crippen molar-refractivity contribution in [3.63, 3.8) is 0 Å². The Hall–Kier alpha value is -0.380. The van der Waals surface area contributed by atoms with Crippen LogP contribution in [0.5, 0.6) is 0 Å². The lowest BCUT2D eigenvalue weighted by atomic mass is 9.95. The summed E-state index contributed by atoms with van der Waals surface area (Å²) in [6.45, 7) is 8.38. The van der Waals surface area contributed by atoms with E-state index in [1.165, 1.54) is 29.7 Å². The maximum absolute atomic E-state index is 3.57. The number of hydrogen-bond donors (Lipinski definition) is 1. The summed E-state index contributed by atoms with van der Waals surface area (Å²) in [6.07, 6.45) is 0. The quantitative estimate of drug-likeness (QED) is 0.903. The first-order valence-electron chi connectivity index (χ1n) is 6.88. The molecule has 0 aliphatic carbocycles. The number of likely N-dealkylation sites (tertiary alicyclic amines) is 1. The van der Waals surface area contributed by atoms with Crippen LogP contribution in [0.2, 0.25) is 0 Å². The van der Waals surface area contributed by atoms with Gasteiger partial charge in [0, 0.05) is 23.1 Å². The van der Waals surface area contributed by atoms with Gasteiger partial charge >= 0.3 is 0 Å². The summed E-state index contributed by atoms with van der Waals surface area (Å²) in [6, 6.07) is 9.95. The molecule has 0 amide bonds. The highest BCUT2D eigenvalue weighted by atomic mass is 79.9. The summed E-state index contributed by atoms with van der Waals surface area (Å²) in [5.74, 6) is 1.70. The number of fused-ring (bicyclic) bond motifs is 1. The van der Waals surface area contributed by atoms with Crippen LogP contribution in [0.1, 0.15) is 25.5 Å².